The van der Waals surface area contributed by atoms with Gasteiger partial charge in [-0.25, -0.2) is 13.6 Å². The number of rotatable bonds is 6. The van der Waals surface area contributed by atoms with E-state index in [1.807, 2.05) is 31.2 Å². The molecule has 0 bridgehead atoms. The summed E-state index contributed by atoms with van der Waals surface area (Å²) in [4.78, 5) is 16.5. The van der Waals surface area contributed by atoms with Crippen LogP contribution in [0.1, 0.15) is 21.8 Å². The minimum atomic E-state index is -3.73. The van der Waals surface area contributed by atoms with Crippen LogP contribution in [-0.4, -0.2) is 31.0 Å². The fourth-order valence-electron chi connectivity index (χ4n) is 3.04. The Morgan fingerprint density at radius 2 is 1.87 bits per heavy atom. The summed E-state index contributed by atoms with van der Waals surface area (Å²) < 4.78 is 33.4. The van der Waals surface area contributed by atoms with Crippen LogP contribution in [0, 0.1) is 6.92 Å². The summed E-state index contributed by atoms with van der Waals surface area (Å²) in [6.07, 6.45) is 0.486. The molecule has 30 heavy (non-hydrogen) atoms. The fraction of sp³-hybridized carbons (Fsp3) is 0.150. The van der Waals surface area contributed by atoms with Crippen molar-refractivity contribution >= 4 is 26.9 Å². The van der Waals surface area contributed by atoms with Gasteiger partial charge >= 0.3 is 11.8 Å². The van der Waals surface area contributed by atoms with Crippen molar-refractivity contribution in [2.75, 3.05) is 6.54 Å². The third-order valence-corrected chi connectivity index (χ3v) is 5.55. The fourth-order valence-corrected chi connectivity index (χ4v) is 3.55. The smallest absolute Gasteiger partial charge is 0.316 e. The number of nitrogens with one attached hydrogen (secondary N) is 1. The zero-order chi connectivity index (χ0) is 21.3. The number of para-hydroxylation sites is 1. The maximum absolute atomic E-state index is 12.3. The quantitative estimate of drug-likeness (QED) is 0.482. The van der Waals surface area contributed by atoms with E-state index >= 15 is 0 Å². The Labute approximate surface area is 171 Å². The normalized spacial score (nSPS) is 11.7. The first kappa shape index (κ1) is 19.8. The number of carbonyl (C=O) groups is 1. The van der Waals surface area contributed by atoms with E-state index in [0.717, 1.165) is 16.5 Å². The van der Waals surface area contributed by atoms with Crippen LogP contribution in [0.25, 0.3) is 22.6 Å². The summed E-state index contributed by atoms with van der Waals surface area (Å²) in [6.45, 7) is 2.19. The number of amides is 1. The van der Waals surface area contributed by atoms with Gasteiger partial charge < -0.3 is 14.3 Å². The molecule has 2 aromatic carbocycles. The molecule has 10 heteroatoms. The van der Waals surface area contributed by atoms with Crippen molar-refractivity contribution in [3.8, 4) is 11.6 Å². The second kappa shape index (κ2) is 7.73. The molecule has 2 heterocycles. The number of furan rings is 1. The van der Waals surface area contributed by atoms with E-state index in [9.17, 15) is 13.2 Å². The van der Waals surface area contributed by atoms with E-state index in [4.69, 9.17) is 14.1 Å². The van der Waals surface area contributed by atoms with Crippen LogP contribution in [0.3, 0.4) is 0 Å². The molecule has 154 valence electrons. The predicted octanol–water partition coefficient (Wildman–Crippen LogP) is 2.41. The van der Waals surface area contributed by atoms with Gasteiger partial charge in [0.1, 0.15) is 5.58 Å². The Hall–Kier alpha value is -3.50. The number of hydrogen-bond acceptors (Lipinski definition) is 7. The Balaban J connectivity index is 1.40. The standard InChI is InChI=1S/C20H18N4O5S/c1-12-15-4-2-3-5-16(15)28-17(12)18-23-20(29-24-18)19(25)22-11-10-13-6-8-14(9-7-13)30(21,26)27/h2-9H,10-11H2,1H3,(H,22,25)(H2,21,26,27). The van der Waals surface area contributed by atoms with Crippen molar-refractivity contribution in [2.24, 2.45) is 5.14 Å². The van der Waals surface area contributed by atoms with Crippen LogP contribution < -0.4 is 10.5 Å². The zero-order valence-corrected chi connectivity index (χ0v) is 16.8. The molecular weight excluding hydrogens is 408 g/mol. The summed E-state index contributed by atoms with van der Waals surface area (Å²) in [5.74, 6) is -0.0283. The molecule has 4 rings (SSSR count). The molecule has 0 radical (unpaired) electrons. The molecule has 0 atom stereocenters. The Kier molecular flexibility index (Phi) is 5.10. The van der Waals surface area contributed by atoms with E-state index < -0.39 is 15.9 Å². The van der Waals surface area contributed by atoms with E-state index in [1.165, 1.54) is 12.1 Å². The molecule has 9 nitrogen and oxygen atoms in total. The first-order chi connectivity index (χ1) is 14.3. The molecule has 2 aromatic heterocycles. The average molecular weight is 426 g/mol. The molecule has 0 aliphatic heterocycles. The summed E-state index contributed by atoms with van der Waals surface area (Å²) in [7, 11) is -3.73. The summed E-state index contributed by atoms with van der Waals surface area (Å²) in [5.41, 5.74) is 2.40. The number of sulfonamides is 1. The largest absolute Gasteiger partial charge is 0.452 e. The lowest BCUT2D eigenvalue weighted by Crippen LogP contribution is -2.26. The van der Waals surface area contributed by atoms with E-state index in [2.05, 4.69) is 15.5 Å². The summed E-state index contributed by atoms with van der Waals surface area (Å²) in [5, 5.41) is 12.6. The second-order valence-corrected chi connectivity index (χ2v) is 8.23. The first-order valence-electron chi connectivity index (χ1n) is 9.05. The molecule has 1 amide bonds. The van der Waals surface area contributed by atoms with Crippen molar-refractivity contribution in [1.82, 2.24) is 15.5 Å². The monoisotopic (exact) mass is 426 g/mol. The zero-order valence-electron chi connectivity index (χ0n) is 16.0. The minimum absolute atomic E-state index is 0.0366. The Morgan fingerprint density at radius 3 is 2.57 bits per heavy atom. The van der Waals surface area contributed by atoms with E-state index in [1.54, 1.807) is 12.1 Å². The molecule has 0 saturated carbocycles. The second-order valence-electron chi connectivity index (χ2n) is 6.67. The van der Waals surface area contributed by atoms with Crippen molar-refractivity contribution in [2.45, 2.75) is 18.2 Å². The number of aryl methyl sites for hydroxylation is 1. The lowest BCUT2D eigenvalue weighted by molar-refractivity contribution is 0.0910. The highest BCUT2D eigenvalue weighted by molar-refractivity contribution is 7.89. The van der Waals surface area contributed by atoms with Gasteiger partial charge in [0, 0.05) is 17.5 Å². The third kappa shape index (κ3) is 3.95. The SMILES string of the molecule is Cc1c(-c2noc(C(=O)NCCc3ccc(S(N)(=O)=O)cc3)n2)oc2ccccc12. The highest BCUT2D eigenvalue weighted by atomic mass is 32.2. The summed E-state index contributed by atoms with van der Waals surface area (Å²) in [6, 6.07) is 13.7. The van der Waals surface area contributed by atoms with Gasteiger partial charge in [-0.05, 0) is 37.1 Å². The maximum Gasteiger partial charge on any atom is 0.316 e. The van der Waals surface area contributed by atoms with Gasteiger partial charge in [-0.15, -0.1) is 0 Å². The molecule has 0 saturated heterocycles. The lowest BCUT2D eigenvalue weighted by Gasteiger charge is -2.04. The number of hydrogen-bond donors (Lipinski definition) is 2. The van der Waals surface area contributed by atoms with Crippen molar-refractivity contribution < 1.29 is 22.2 Å². The molecule has 0 aliphatic carbocycles. The van der Waals surface area contributed by atoms with Gasteiger partial charge in [0.15, 0.2) is 5.76 Å². The number of benzene rings is 2. The topological polar surface area (TPSA) is 141 Å². The number of carbonyl (C=O) groups excluding carboxylic acids is 1. The highest BCUT2D eigenvalue weighted by Gasteiger charge is 2.20. The number of fused-ring (bicyclic) bond motifs is 1. The first-order valence-corrected chi connectivity index (χ1v) is 10.6. The van der Waals surface area contributed by atoms with Gasteiger partial charge in [0.25, 0.3) is 0 Å². The molecule has 4 aromatic rings. The van der Waals surface area contributed by atoms with Crippen LogP contribution in [0.5, 0.6) is 0 Å². The number of aromatic nitrogens is 2. The molecule has 3 N–H and O–H groups in total. The van der Waals surface area contributed by atoms with Crippen LogP contribution in [0.15, 0.2) is 62.4 Å². The Bertz CT molecular complexity index is 1320. The van der Waals surface area contributed by atoms with E-state index in [-0.39, 0.29) is 16.6 Å². The molecule has 0 aliphatic rings. The van der Waals surface area contributed by atoms with Gasteiger partial charge in [-0.1, -0.05) is 35.5 Å². The highest BCUT2D eigenvalue weighted by Crippen LogP contribution is 2.31. The summed E-state index contributed by atoms with van der Waals surface area (Å²) >= 11 is 0. The lowest BCUT2D eigenvalue weighted by atomic mass is 10.1. The van der Waals surface area contributed by atoms with Gasteiger partial charge in [0.2, 0.25) is 15.8 Å². The van der Waals surface area contributed by atoms with Crippen molar-refractivity contribution in [1.29, 1.82) is 0 Å². The van der Waals surface area contributed by atoms with Gasteiger partial charge in [0.05, 0.1) is 4.90 Å². The molecule has 0 spiro atoms. The van der Waals surface area contributed by atoms with E-state index in [0.29, 0.717) is 24.3 Å². The van der Waals surface area contributed by atoms with Crippen LogP contribution in [-0.2, 0) is 16.4 Å². The van der Waals surface area contributed by atoms with Crippen LogP contribution in [0.4, 0.5) is 0 Å². The Morgan fingerprint density at radius 1 is 1.13 bits per heavy atom. The molecule has 0 fully saturated rings. The number of nitrogens with zero attached hydrogens (tertiary/aromatic N) is 2. The minimum Gasteiger partial charge on any atom is -0.452 e. The number of nitrogens with two attached hydrogens (primary N) is 1. The predicted molar refractivity (Wildman–Crippen MR) is 108 cm³/mol. The van der Waals surface area contributed by atoms with Crippen LogP contribution >= 0.6 is 0 Å². The van der Waals surface area contributed by atoms with Gasteiger partial charge in [-0.3, -0.25) is 4.79 Å². The maximum atomic E-state index is 12.3. The average Bonchev–Trinajstić information content (AvgIpc) is 3.33. The van der Waals surface area contributed by atoms with Crippen LogP contribution in [0.2, 0.25) is 0 Å². The number of primary sulfonamides is 1. The molecular formula is C20H18N4O5S. The molecule has 0 unspecified atom stereocenters. The van der Waals surface area contributed by atoms with Crippen molar-refractivity contribution in [3.63, 3.8) is 0 Å². The van der Waals surface area contributed by atoms with Gasteiger partial charge in [-0.2, -0.15) is 4.98 Å². The third-order valence-electron chi connectivity index (χ3n) is 4.62. The van der Waals surface area contributed by atoms with Crippen molar-refractivity contribution in [3.05, 3.63) is 65.5 Å².